The molecule has 1 unspecified atom stereocenters. The van der Waals surface area contributed by atoms with Gasteiger partial charge in [0.2, 0.25) is 0 Å². The van der Waals surface area contributed by atoms with E-state index < -0.39 is 11.4 Å². The van der Waals surface area contributed by atoms with Crippen molar-refractivity contribution in [3.05, 3.63) is 52.2 Å². The van der Waals surface area contributed by atoms with E-state index in [1.807, 2.05) is 45.0 Å². The van der Waals surface area contributed by atoms with Crippen molar-refractivity contribution in [1.82, 2.24) is 4.72 Å². The summed E-state index contributed by atoms with van der Waals surface area (Å²) < 4.78 is 20.7. The zero-order valence-corrected chi connectivity index (χ0v) is 15.1. The molecule has 2 atom stereocenters. The van der Waals surface area contributed by atoms with E-state index in [1.54, 1.807) is 18.4 Å². The quantitative estimate of drug-likeness (QED) is 0.812. The summed E-state index contributed by atoms with van der Waals surface area (Å²) in [6, 6.07) is 12.2. The highest BCUT2D eigenvalue weighted by Crippen LogP contribution is 2.34. The molecule has 3 nitrogen and oxygen atoms in total. The number of para-hydroxylation sites is 1. The van der Waals surface area contributed by atoms with Crippen LogP contribution >= 0.6 is 11.3 Å². The molecule has 5 heteroatoms. The van der Waals surface area contributed by atoms with Gasteiger partial charge in [0.05, 0.1) is 13.7 Å². The summed E-state index contributed by atoms with van der Waals surface area (Å²) in [6.07, 6.45) is 0. The van der Waals surface area contributed by atoms with Crippen LogP contribution in [0.2, 0.25) is 0 Å². The topological polar surface area (TPSA) is 44.3 Å². The van der Waals surface area contributed by atoms with Gasteiger partial charge in [-0.2, -0.15) is 0 Å². The van der Waals surface area contributed by atoms with E-state index in [9.17, 15) is 4.55 Å². The standard InChI is InChI=1S/C17H23NO2S2/c1-17(2,3)22(19)18-12-14(16-10-7-11-21-16)13-8-5-6-9-15(13)20-4/h5-11,14,18H,12H2,1-4H3/t14-,22?/m0/s1. The Hall–Kier alpha value is -1.01. The van der Waals surface area contributed by atoms with E-state index >= 15 is 0 Å². The number of rotatable bonds is 6. The summed E-state index contributed by atoms with van der Waals surface area (Å²) in [4.78, 5) is 1.24. The van der Waals surface area contributed by atoms with Crippen LogP contribution in [0.3, 0.4) is 0 Å². The van der Waals surface area contributed by atoms with Crippen molar-refractivity contribution in [2.45, 2.75) is 31.4 Å². The van der Waals surface area contributed by atoms with Gasteiger partial charge in [0.1, 0.15) is 10.5 Å². The molecule has 1 N–H and O–H groups in total. The molecule has 2 rings (SSSR count). The molecule has 0 aliphatic heterocycles. The van der Waals surface area contributed by atoms with E-state index in [0.29, 0.717) is 6.54 Å². The third kappa shape index (κ3) is 4.26. The molecule has 22 heavy (non-hydrogen) atoms. The normalized spacial score (nSPS) is 14.6. The van der Waals surface area contributed by atoms with Crippen LogP contribution in [0.4, 0.5) is 0 Å². The lowest BCUT2D eigenvalue weighted by Crippen LogP contribution is -2.41. The summed E-state index contributed by atoms with van der Waals surface area (Å²) in [5.74, 6) is 0.992. The molecular formula is C17H23NO2S2. The van der Waals surface area contributed by atoms with Gasteiger partial charge in [-0.15, -0.1) is 16.1 Å². The molecule has 1 heterocycles. The maximum atomic E-state index is 12.3. The molecular weight excluding hydrogens is 314 g/mol. The van der Waals surface area contributed by atoms with E-state index in [-0.39, 0.29) is 10.7 Å². The predicted octanol–water partition coefficient (Wildman–Crippen LogP) is 3.94. The predicted molar refractivity (Wildman–Crippen MR) is 95.1 cm³/mol. The first-order valence-corrected chi connectivity index (χ1v) is 9.28. The van der Waals surface area contributed by atoms with Gasteiger partial charge in [0, 0.05) is 27.7 Å². The van der Waals surface area contributed by atoms with E-state index in [2.05, 4.69) is 22.2 Å². The van der Waals surface area contributed by atoms with Crippen LogP contribution in [0.1, 0.15) is 37.1 Å². The molecule has 120 valence electrons. The lowest BCUT2D eigenvalue weighted by Gasteiger charge is -2.26. The fraction of sp³-hybridized carbons (Fsp3) is 0.412. The maximum Gasteiger partial charge on any atom is 0.136 e. The minimum atomic E-state index is -1.09. The number of hydrogen-bond donors (Lipinski definition) is 1. The number of nitrogens with one attached hydrogen (secondary N) is 1. The highest BCUT2D eigenvalue weighted by molar-refractivity contribution is 7.90. The third-order valence-electron chi connectivity index (χ3n) is 3.38. The van der Waals surface area contributed by atoms with Crippen molar-refractivity contribution >= 4 is 22.7 Å². The summed E-state index contributed by atoms with van der Waals surface area (Å²) in [6.45, 7) is 6.53. The fourth-order valence-corrected chi connectivity index (χ4v) is 3.78. The van der Waals surface area contributed by atoms with Crippen LogP contribution in [0, 0.1) is 0 Å². The molecule has 0 aliphatic carbocycles. The summed E-state index contributed by atoms with van der Waals surface area (Å²) >= 11 is 0.622. The van der Waals surface area contributed by atoms with Crippen molar-refractivity contribution in [3.63, 3.8) is 0 Å². The van der Waals surface area contributed by atoms with Crippen molar-refractivity contribution < 1.29 is 9.29 Å². The van der Waals surface area contributed by atoms with Gasteiger partial charge in [0.15, 0.2) is 0 Å². The largest absolute Gasteiger partial charge is 0.598 e. The number of benzene rings is 1. The molecule has 1 aromatic carbocycles. The Morgan fingerprint density at radius 1 is 1.23 bits per heavy atom. The summed E-state index contributed by atoms with van der Waals surface area (Å²) in [5, 5.41) is 2.07. The Kier molecular flexibility index (Phi) is 5.92. The maximum absolute atomic E-state index is 12.3. The average molecular weight is 338 g/mol. The molecule has 0 amide bonds. The van der Waals surface area contributed by atoms with Gasteiger partial charge >= 0.3 is 0 Å². The van der Waals surface area contributed by atoms with Crippen molar-refractivity contribution in [2.75, 3.05) is 13.7 Å². The first-order chi connectivity index (χ1) is 10.4. The minimum Gasteiger partial charge on any atom is -0.598 e. The molecule has 0 saturated heterocycles. The molecule has 0 spiro atoms. The smallest absolute Gasteiger partial charge is 0.136 e. The average Bonchev–Trinajstić information content (AvgIpc) is 3.01. The first kappa shape index (κ1) is 17.3. The van der Waals surface area contributed by atoms with Crippen LogP contribution in [0.25, 0.3) is 0 Å². The Labute approximate surface area is 140 Å². The summed E-state index contributed by atoms with van der Waals surface area (Å²) in [5.41, 5.74) is 1.12. The fourth-order valence-electron chi connectivity index (χ4n) is 2.18. The second-order valence-corrected chi connectivity index (χ2v) is 9.07. The van der Waals surface area contributed by atoms with E-state index in [0.717, 1.165) is 11.3 Å². The molecule has 0 fully saturated rings. The Balaban J connectivity index is 2.25. The Bertz CT molecular complexity index is 579. The van der Waals surface area contributed by atoms with Gasteiger partial charge in [-0.05, 0) is 38.3 Å². The van der Waals surface area contributed by atoms with Crippen molar-refractivity contribution in [1.29, 1.82) is 0 Å². The molecule has 0 radical (unpaired) electrons. The van der Waals surface area contributed by atoms with Gasteiger partial charge in [-0.25, -0.2) is 0 Å². The first-order valence-electron chi connectivity index (χ1n) is 7.25. The van der Waals surface area contributed by atoms with Gasteiger partial charge < -0.3 is 9.29 Å². The van der Waals surface area contributed by atoms with Gasteiger partial charge in [-0.1, -0.05) is 24.3 Å². The Morgan fingerprint density at radius 2 is 1.95 bits per heavy atom. The number of hydrogen-bond acceptors (Lipinski definition) is 4. The SMILES string of the molecule is COc1ccccc1[C@H](CN[S+]([O-])C(C)(C)C)c1cccs1. The lowest BCUT2D eigenvalue weighted by molar-refractivity contribution is 0.407. The third-order valence-corrected chi connectivity index (χ3v) is 5.90. The number of thiophene rings is 1. The van der Waals surface area contributed by atoms with Crippen LogP contribution in [-0.2, 0) is 11.4 Å². The van der Waals surface area contributed by atoms with Gasteiger partial charge in [-0.3, -0.25) is 0 Å². The van der Waals surface area contributed by atoms with Crippen LogP contribution in [0.15, 0.2) is 41.8 Å². The molecule has 0 aliphatic rings. The van der Waals surface area contributed by atoms with Crippen LogP contribution in [0.5, 0.6) is 5.75 Å². The molecule has 0 saturated carbocycles. The molecule has 2 aromatic rings. The lowest BCUT2D eigenvalue weighted by atomic mass is 9.96. The minimum absolute atomic E-state index is 0.127. The van der Waals surface area contributed by atoms with E-state index in [1.165, 1.54) is 4.88 Å². The van der Waals surface area contributed by atoms with Crippen molar-refractivity contribution in [3.8, 4) is 5.75 Å². The van der Waals surface area contributed by atoms with Gasteiger partial charge in [0.25, 0.3) is 0 Å². The monoisotopic (exact) mass is 337 g/mol. The second-order valence-electron chi connectivity index (χ2n) is 6.04. The zero-order valence-electron chi connectivity index (χ0n) is 13.5. The highest BCUT2D eigenvalue weighted by Gasteiger charge is 2.28. The van der Waals surface area contributed by atoms with Crippen molar-refractivity contribution in [2.24, 2.45) is 0 Å². The van der Waals surface area contributed by atoms with Crippen LogP contribution < -0.4 is 9.46 Å². The zero-order chi connectivity index (χ0) is 16.2. The van der Waals surface area contributed by atoms with E-state index in [4.69, 9.17) is 4.74 Å². The highest BCUT2D eigenvalue weighted by atomic mass is 32.2. The number of ether oxygens (including phenoxy) is 1. The second kappa shape index (κ2) is 7.51. The van der Waals surface area contributed by atoms with Crippen LogP contribution in [-0.4, -0.2) is 23.0 Å². The Morgan fingerprint density at radius 3 is 2.55 bits per heavy atom. The molecule has 0 bridgehead atoms. The number of methoxy groups -OCH3 is 1. The molecule has 1 aromatic heterocycles. The summed E-state index contributed by atoms with van der Waals surface area (Å²) in [7, 11) is 1.69.